The predicted molar refractivity (Wildman–Crippen MR) is 56.5 cm³/mol. The van der Waals surface area contributed by atoms with E-state index in [0.717, 1.165) is 4.47 Å². The normalized spacial score (nSPS) is 11.8. The summed E-state index contributed by atoms with van der Waals surface area (Å²) in [6.45, 7) is 0. The van der Waals surface area contributed by atoms with E-state index < -0.39 is 11.4 Å². The van der Waals surface area contributed by atoms with Gasteiger partial charge < -0.3 is 4.55 Å². The van der Waals surface area contributed by atoms with Crippen LogP contribution >= 0.6 is 15.9 Å². The maximum atomic E-state index is 10.9. The monoisotopic (exact) mass is 258 g/mol. The second kappa shape index (κ2) is 4.51. The zero-order valence-corrected chi connectivity index (χ0v) is 9.28. The van der Waals surface area contributed by atoms with Crippen molar-refractivity contribution in [2.24, 2.45) is 0 Å². The second-order valence-corrected chi connectivity index (χ2v) is 4.33. The molecule has 0 aliphatic rings. The summed E-state index contributed by atoms with van der Waals surface area (Å²) in [6, 6.07) is 7.08. The highest BCUT2D eigenvalue weighted by Crippen LogP contribution is 2.23. The fourth-order valence-corrected chi connectivity index (χ4v) is 1.78. The van der Waals surface area contributed by atoms with Gasteiger partial charge in [-0.05, 0) is 34.1 Å². The minimum atomic E-state index is -1.13. The lowest BCUT2D eigenvalue weighted by atomic mass is 10.2. The molecular weight excluding hydrogens is 252 g/mol. The standard InChI is InChI=1S/C8H7BrN2OS/c1-13(12)11-8-4-6(5-10)2-3-7(8)9/h2-4,11H,1H3. The highest BCUT2D eigenvalue weighted by atomic mass is 79.9. The van der Waals surface area contributed by atoms with E-state index in [9.17, 15) is 4.55 Å². The van der Waals surface area contributed by atoms with Gasteiger partial charge >= 0.3 is 0 Å². The van der Waals surface area contributed by atoms with E-state index in [1.807, 2.05) is 6.07 Å². The highest BCUT2D eigenvalue weighted by molar-refractivity contribution is 9.10. The van der Waals surface area contributed by atoms with Crippen LogP contribution in [0.5, 0.6) is 0 Å². The van der Waals surface area contributed by atoms with Crippen molar-refractivity contribution in [3.8, 4) is 6.07 Å². The molecule has 1 aromatic rings. The van der Waals surface area contributed by atoms with Gasteiger partial charge in [-0.3, -0.25) is 0 Å². The number of rotatable bonds is 2. The molecule has 0 spiro atoms. The van der Waals surface area contributed by atoms with E-state index in [0.29, 0.717) is 11.3 Å². The number of nitrogens with zero attached hydrogens (tertiary/aromatic N) is 1. The molecule has 0 aliphatic carbocycles. The summed E-state index contributed by atoms with van der Waals surface area (Å²) < 4.78 is 14.4. The van der Waals surface area contributed by atoms with Crippen LogP contribution in [0.2, 0.25) is 0 Å². The Kier molecular flexibility index (Phi) is 3.60. The average Bonchev–Trinajstić information content (AvgIpc) is 2.08. The first-order valence-corrected chi connectivity index (χ1v) is 5.78. The lowest BCUT2D eigenvalue weighted by Crippen LogP contribution is -2.10. The van der Waals surface area contributed by atoms with Crippen LogP contribution in [0, 0.1) is 11.3 Å². The van der Waals surface area contributed by atoms with E-state index in [-0.39, 0.29) is 0 Å². The van der Waals surface area contributed by atoms with Crippen LogP contribution < -0.4 is 4.72 Å². The molecule has 68 valence electrons. The first-order chi connectivity index (χ1) is 6.13. The van der Waals surface area contributed by atoms with Crippen LogP contribution in [0.15, 0.2) is 22.7 Å². The lowest BCUT2D eigenvalue weighted by molar-refractivity contribution is 0.605. The predicted octanol–water partition coefficient (Wildman–Crippen LogP) is 2.03. The van der Waals surface area contributed by atoms with E-state index in [2.05, 4.69) is 20.7 Å². The van der Waals surface area contributed by atoms with E-state index in [1.165, 1.54) is 6.26 Å². The zero-order chi connectivity index (χ0) is 9.84. The number of nitriles is 1. The minimum absolute atomic E-state index is 0.538. The first kappa shape index (κ1) is 10.4. The molecule has 0 radical (unpaired) electrons. The summed E-state index contributed by atoms with van der Waals surface area (Å²) in [5, 5.41) is 8.62. The fraction of sp³-hybridized carbons (Fsp3) is 0.125. The van der Waals surface area contributed by atoms with Gasteiger partial charge in [0.2, 0.25) is 0 Å². The van der Waals surface area contributed by atoms with Crippen molar-refractivity contribution in [2.45, 2.75) is 0 Å². The lowest BCUT2D eigenvalue weighted by Gasteiger charge is -2.08. The summed E-state index contributed by atoms with van der Waals surface area (Å²) in [6.07, 6.45) is 1.53. The number of hydrogen-bond donors (Lipinski definition) is 1. The van der Waals surface area contributed by atoms with Gasteiger partial charge in [-0.15, -0.1) is 0 Å². The van der Waals surface area contributed by atoms with E-state index in [4.69, 9.17) is 5.26 Å². The highest BCUT2D eigenvalue weighted by Gasteiger charge is 2.04. The maximum absolute atomic E-state index is 10.9. The van der Waals surface area contributed by atoms with Crippen molar-refractivity contribution >= 4 is 33.0 Å². The number of anilines is 1. The number of hydrogen-bond acceptors (Lipinski definition) is 3. The van der Waals surface area contributed by atoms with Crippen molar-refractivity contribution in [2.75, 3.05) is 11.0 Å². The minimum Gasteiger partial charge on any atom is -0.593 e. The topological polar surface area (TPSA) is 58.9 Å². The number of benzene rings is 1. The Labute approximate surface area is 88.2 Å². The van der Waals surface area contributed by atoms with Gasteiger partial charge in [0.05, 0.1) is 28.7 Å². The maximum Gasteiger partial charge on any atom is 0.121 e. The zero-order valence-electron chi connectivity index (χ0n) is 6.87. The van der Waals surface area contributed by atoms with Crippen LogP contribution in [-0.2, 0) is 11.4 Å². The molecular formula is C8H7BrN2OS. The summed E-state index contributed by atoms with van der Waals surface area (Å²) in [4.78, 5) is 0. The van der Waals surface area contributed by atoms with Gasteiger partial charge in [-0.2, -0.15) is 5.26 Å². The van der Waals surface area contributed by atoms with E-state index in [1.54, 1.807) is 18.2 Å². The Hall–Kier alpha value is -0.700. The summed E-state index contributed by atoms with van der Waals surface area (Å²) >= 11 is 2.16. The van der Waals surface area contributed by atoms with Gasteiger partial charge in [-0.25, -0.2) is 4.72 Å². The van der Waals surface area contributed by atoms with Crippen LogP contribution in [0.1, 0.15) is 5.56 Å². The quantitative estimate of drug-likeness (QED) is 0.826. The summed E-state index contributed by atoms with van der Waals surface area (Å²) in [7, 11) is 0. The number of halogens is 1. The molecule has 0 saturated heterocycles. The third kappa shape index (κ3) is 2.92. The number of nitrogens with one attached hydrogen (secondary N) is 1. The van der Waals surface area contributed by atoms with Crippen LogP contribution in [0.4, 0.5) is 5.69 Å². The molecule has 0 aromatic heterocycles. The van der Waals surface area contributed by atoms with Crippen molar-refractivity contribution in [3.05, 3.63) is 28.2 Å². The molecule has 0 heterocycles. The molecule has 0 amide bonds. The Bertz CT molecular complexity index is 348. The molecule has 3 nitrogen and oxygen atoms in total. The third-order valence-electron chi connectivity index (χ3n) is 1.35. The SMILES string of the molecule is C[S+]([O-])Nc1cc(C#N)ccc1Br. The smallest absolute Gasteiger partial charge is 0.121 e. The van der Waals surface area contributed by atoms with E-state index >= 15 is 0 Å². The molecule has 1 rings (SSSR count). The largest absolute Gasteiger partial charge is 0.593 e. The Morgan fingerprint density at radius 2 is 2.31 bits per heavy atom. The summed E-state index contributed by atoms with van der Waals surface area (Å²) in [5.74, 6) is 0. The van der Waals surface area contributed by atoms with Crippen LogP contribution in [0.3, 0.4) is 0 Å². The molecule has 0 bridgehead atoms. The van der Waals surface area contributed by atoms with Crippen LogP contribution in [-0.4, -0.2) is 10.8 Å². The molecule has 1 unspecified atom stereocenters. The molecule has 13 heavy (non-hydrogen) atoms. The summed E-state index contributed by atoms with van der Waals surface area (Å²) in [5.41, 5.74) is 1.20. The Morgan fingerprint density at radius 1 is 1.62 bits per heavy atom. The second-order valence-electron chi connectivity index (χ2n) is 2.36. The van der Waals surface area contributed by atoms with Crippen molar-refractivity contribution < 1.29 is 4.55 Å². The molecule has 0 aliphatic heterocycles. The molecule has 1 N–H and O–H groups in total. The molecule has 1 aromatic carbocycles. The molecule has 1 atom stereocenters. The van der Waals surface area contributed by atoms with Gasteiger partial charge in [0.1, 0.15) is 6.26 Å². The van der Waals surface area contributed by atoms with Gasteiger partial charge in [0.15, 0.2) is 0 Å². The van der Waals surface area contributed by atoms with Crippen LogP contribution in [0.25, 0.3) is 0 Å². The van der Waals surface area contributed by atoms with Gasteiger partial charge in [0.25, 0.3) is 0 Å². The van der Waals surface area contributed by atoms with Crippen molar-refractivity contribution in [3.63, 3.8) is 0 Å². The Balaban J connectivity index is 2.99. The molecule has 5 heteroatoms. The Morgan fingerprint density at radius 3 is 2.85 bits per heavy atom. The van der Waals surface area contributed by atoms with Crippen molar-refractivity contribution in [1.82, 2.24) is 0 Å². The molecule has 0 saturated carbocycles. The first-order valence-electron chi connectivity index (χ1n) is 3.43. The fourth-order valence-electron chi connectivity index (χ4n) is 0.828. The van der Waals surface area contributed by atoms with Gasteiger partial charge in [-0.1, -0.05) is 0 Å². The van der Waals surface area contributed by atoms with Crippen molar-refractivity contribution in [1.29, 1.82) is 5.26 Å². The van der Waals surface area contributed by atoms with Gasteiger partial charge in [0, 0.05) is 4.47 Å². The molecule has 0 fully saturated rings. The average molecular weight is 259 g/mol. The third-order valence-corrected chi connectivity index (χ3v) is 2.55.